The molecule has 0 unspecified atom stereocenters. The van der Waals surface area contributed by atoms with E-state index in [0.29, 0.717) is 23.9 Å². The molecule has 80 valence electrons. The van der Waals surface area contributed by atoms with Crippen molar-refractivity contribution in [3.05, 3.63) is 0 Å². The van der Waals surface area contributed by atoms with Gasteiger partial charge in [0.2, 0.25) is 5.91 Å². The third kappa shape index (κ3) is 2.08. The van der Waals surface area contributed by atoms with Crippen LogP contribution in [0.4, 0.5) is 0 Å². The van der Waals surface area contributed by atoms with Crippen molar-refractivity contribution in [2.24, 2.45) is 11.7 Å². The van der Waals surface area contributed by atoms with Gasteiger partial charge in [0, 0.05) is 25.0 Å². The number of carbonyl (C=O) groups is 1. The lowest BCUT2D eigenvalue weighted by Gasteiger charge is -2.33. The van der Waals surface area contributed by atoms with Gasteiger partial charge < -0.3 is 10.6 Å². The van der Waals surface area contributed by atoms with E-state index in [0.717, 1.165) is 38.5 Å². The zero-order valence-electron chi connectivity index (χ0n) is 8.91. The van der Waals surface area contributed by atoms with E-state index in [1.54, 1.807) is 0 Å². The average molecular weight is 196 g/mol. The summed E-state index contributed by atoms with van der Waals surface area (Å²) in [5, 5.41) is 0. The maximum absolute atomic E-state index is 11.8. The molecule has 0 aromatic heterocycles. The van der Waals surface area contributed by atoms with E-state index < -0.39 is 0 Å². The van der Waals surface area contributed by atoms with Gasteiger partial charge in [0.05, 0.1) is 0 Å². The molecule has 0 aromatic rings. The zero-order chi connectivity index (χ0) is 10.1. The maximum atomic E-state index is 11.8. The molecule has 2 saturated carbocycles. The molecule has 1 amide bonds. The van der Waals surface area contributed by atoms with Crippen molar-refractivity contribution in [3.8, 4) is 0 Å². The van der Waals surface area contributed by atoms with Crippen LogP contribution in [-0.4, -0.2) is 29.9 Å². The minimum absolute atomic E-state index is 0.357. The van der Waals surface area contributed by atoms with E-state index >= 15 is 0 Å². The number of nitrogens with two attached hydrogens (primary N) is 1. The van der Waals surface area contributed by atoms with E-state index in [1.807, 2.05) is 11.9 Å². The second kappa shape index (κ2) is 3.89. The first-order chi connectivity index (χ1) is 6.68. The molecule has 0 radical (unpaired) electrons. The largest absolute Gasteiger partial charge is 0.343 e. The second-order valence-corrected chi connectivity index (χ2v) is 4.79. The summed E-state index contributed by atoms with van der Waals surface area (Å²) >= 11 is 0. The molecule has 0 bridgehead atoms. The SMILES string of the molecule is CN(C(=O)C1CC1)C1CCC(N)CC1. The fourth-order valence-corrected chi connectivity index (χ4v) is 2.29. The summed E-state index contributed by atoms with van der Waals surface area (Å²) in [4.78, 5) is 13.8. The van der Waals surface area contributed by atoms with Crippen LogP contribution in [0.1, 0.15) is 38.5 Å². The molecule has 2 rings (SSSR count). The van der Waals surface area contributed by atoms with Crippen LogP contribution in [0, 0.1) is 5.92 Å². The van der Waals surface area contributed by atoms with Gasteiger partial charge in [0.25, 0.3) is 0 Å². The molecule has 2 aliphatic carbocycles. The molecule has 3 nitrogen and oxygen atoms in total. The molecule has 0 heterocycles. The lowest BCUT2D eigenvalue weighted by Crippen LogP contribution is -2.42. The van der Waals surface area contributed by atoms with Crippen molar-refractivity contribution in [2.75, 3.05) is 7.05 Å². The van der Waals surface area contributed by atoms with E-state index in [4.69, 9.17) is 5.73 Å². The van der Waals surface area contributed by atoms with Crippen molar-refractivity contribution < 1.29 is 4.79 Å². The van der Waals surface area contributed by atoms with Gasteiger partial charge in [-0.05, 0) is 38.5 Å². The fourth-order valence-electron chi connectivity index (χ4n) is 2.29. The Bertz CT molecular complexity index is 217. The molecule has 0 aliphatic heterocycles. The molecule has 0 saturated heterocycles. The first-order valence-corrected chi connectivity index (χ1v) is 5.70. The van der Waals surface area contributed by atoms with Gasteiger partial charge in [-0.25, -0.2) is 0 Å². The first kappa shape index (κ1) is 9.97. The Balaban J connectivity index is 1.84. The average Bonchev–Trinajstić information content (AvgIpc) is 3.00. The Morgan fingerprint density at radius 1 is 1.14 bits per heavy atom. The van der Waals surface area contributed by atoms with Crippen LogP contribution in [0.5, 0.6) is 0 Å². The molecule has 0 atom stereocenters. The minimum Gasteiger partial charge on any atom is -0.343 e. The first-order valence-electron chi connectivity index (χ1n) is 5.70. The number of amides is 1. The fraction of sp³-hybridized carbons (Fsp3) is 0.909. The van der Waals surface area contributed by atoms with Crippen molar-refractivity contribution in [1.29, 1.82) is 0 Å². The molecule has 14 heavy (non-hydrogen) atoms. The quantitative estimate of drug-likeness (QED) is 0.719. The topological polar surface area (TPSA) is 46.3 Å². The van der Waals surface area contributed by atoms with E-state index in [9.17, 15) is 4.79 Å². The summed E-state index contributed by atoms with van der Waals surface area (Å²) in [6, 6.07) is 0.832. The Labute approximate surface area is 85.6 Å². The number of hydrogen-bond acceptors (Lipinski definition) is 2. The van der Waals surface area contributed by atoms with Crippen LogP contribution < -0.4 is 5.73 Å². The summed E-state index contributed by atoms with van der Waals surface area (Å²) in [7, 11) is 1.96. The molecule has 3 heteroatoms. The van der Waals surface area contributed by atoms with Crippen LogP contribution in [0.3, 0.4) is 0 Å². The third-order valence-corrected chi connectivity index (χ3v) is 3.56. The Kier molecular flexibility index (Phi) is 2.77. The predicted molar refractivity (Wildman–Crippen MR) is 55.7 cm³/mol. The van der Waals surface area contributed by atoms with Gasteiger partial charge in [-0.15, -0.1) is 0 Å². The lowest BCUT2D eigenvalue weighted by atomic mass is 9.91. The van der Waals surface area contributed by atoms with Crippen molar-refractivity contribution in [1.82, 2.24) is 4.90 Å². The van der Waals surface area contributed by atoms with Crippen LogP contribution in [0.2, 0.25) is 0 Å². The summed E-state index contributed by atoms with van der Waals surface area (Å²) in [6.07, 6.45) is 6.55. The van der Waals surface area contributed by atoms with Gasteiger partial charge in [-0.3, -0.25) is 4.79 Å². The van der Waals surface area contributed by atoms with Gasteiger partial charge >= 0.3 is 0 Å². The van der Waals surface area contributed by atoms with Crippen molar-refractivity contribution in [2.45, 2.75) is 50.6 Å². The molecular formula is C11H20N2O. The highest BCUT2D eigenvalue weighted by Crippen LogP contribution is 2.32. The van der Waals surface area contributed by atoms with Crippen molar-refractivity contribution in [3.63, 3.8) is 0 Å². The molecular weight excluding hydrogens is 176 g/mol. The maximum Gasteiger partial charge on any atom is 0.225 e. The normalized spacial score (nSPS) is 32.7. The zero-order valence-corrected chi connectivity index (χ0v) is 8.91. The van der Waals surface area contributed by atoms with E-state index in [1.165, 1.54) is 0 Å². The standard InChI is InChI=1S/C11H20N2O/c1-13(11(14)8-2-3-8)10-6-4-9(12)5-7-10/h8-10H,2-7,12H2,1H3. The van der Waals surface area contributed by atoms with Crippen LogP contribution >= 0.6 is 0 Å². The van der Waals surface area contributed by atoms with Crippen LogP contribution in [0.25, 0.3) is 0 Å². The number of carbonyl (C=O) groups excluding carboxylic acids is 1. The summed E-state index contributed by atoms with van der Waals surface area (Å²) in [5.41, 5.74) is 5.84. The Hall–Kier alpha value is -0.570. The highest BCUT2D eigenvalue weighted by molar-refractivity contribution is 5.81. The summed E-state index contributed by atoms with van der Waals surface area (Å²) in [6.45, 7) is 0. The number of nitrogens with zero attached hydrogens (tertiary/aromatic N) is 1. The van der Waals surface area contributed by atoms with Crippen LogP contribution in [0.15, 0.2) is 0 Å². The molecule has 2 aliphatic rings. The van der Waals surface area contributed by atoms with Crippen LogP contribution in [-0.2, 0) is 4.79 Å². The van der Waals surface area contributed by atoms with Gasteiger partial charge in [-0.2, -0.15) is 0 Å². The molecule has 0 aromatic carbocycles. The summed E-state index contributed by atoms with van der Waals surface area (Å²) < 4.78 is 0. The molecule has 2 fully saturated rings. The smallest absolute Gasteiger partial charge is 0.225 e. The third-order valence-electron chi connectivity index (χ3n) is 3.56. The van der Waals surface area contributed by atoms with Gasteiger partial charge in [0.15, 0.2) is 0 Å². The van der Waals surface area contributed by atoms with E-state index in [2.05, 4.69) is 0 Å². The highest BCUT2D eigenvalue weighted by atomic mass is 16.2. The minimum atomic E-state index is 0.357. The number of rotatable bonds is 2. The monoisotopic (exact) mass is 196 g/mol. The Morgan fingerprint density at radius 3 is 2.21 bits per heavy atom. The van der Waals surface area contributed by atoms with Gasteiger partial charge in [-0.1, -0.05) is 0 Å². The number of hydrogen-bond donors (Lipinski definition) is 1. The highest BCUT2D eigenvalue weighted by Gasteiger charge is 2.35. The van der Waals surface area contributed by atoms with Crippen molar-refractivity contribution >= 4 is 5.91 Å². The lowest BCUT2D eigenvalue weighted by molar-refractivity contribution is -0.133. The Morgan fingerprint density at radius 2 is 1.71 bits per heavy atom. The molecule has 0 spiro atoms. The second-order valence-electron chi connectivity index (χ2n) is 4.79. The molecule has 2 N–H and O–H groups in total. The summed E-state index contributed by atoms with van der Waals surface area (Å²) in [5.74, 6) is 0.723. The van der Waals surface area contributed by atoms with Gasteiger partial charge in [0.1, 0.15) is 0 Å². The predicted octanol–water partition coefficient (Wildman–Crippen LogP) is 1.12. The van der Waals surface area contributed by atoms with E-state index in [-0.39, 0.29) is 0 Å².